The van der Waals surface area contributed by atoms with Gasteiger partial charge in [-0.05, 0) is 12.6 Å². The third kappa shape index (κ3) is 5.04. The van der Waals surface area contributed by atoms with Crippen molar-refractivity contribution in [3.63, 3.8) is 0 Å². The molecule has 3 heteroatoms. The molecule has 0 aliphatic rings. The molecule has 0 radical (unpaired) electrons. The molecule has 0 saturated heterocycles. The summed E-state index contributed by atoms with van der Waals surface area (Å²) in [6.45, 7) is 5.77. The van der Waals surface area contributed by atoms with E-state index in [1.807, 2.05) is 0 Å². The normalized spacial score (nSPS) is 9.87. The van der Waals surface area contributed by atoms with Gasteiger partial charge in [-0.1, -0.05) is 54.7 Å². The fourth-order valence-electron chi connectivity index (χ4n) is 1.91. The molecule has 0 N–H and O–H groups in total. The highest BCUT2D eigenvalue weighted by atomic mass is 35.5. The van der Waals surface area contributed by atoms with Crippen LogP contribution in [0.4, 0.5) is 0 Å². The summed E-state index contributed by atoms with van der Waals surface area (Å²) in [7, 11) is 2.27. The molecule has 1 aromatic rings. The van der Waals surface area contributed by atoms with E-state index in [4.69, 9.17) is 0 Å². The molecular formula is C12H21AlClN. The highest BCUT2D eigenvalue weighted by molar-refractivity contribution is 6.55. The highest BCUT2D eigenvalue weighted by Crippen LogP contribution is 2.08. The minimum atomic E-state index is -0.623. The van der Waals surface area contributed by atoms with Crippen molar-refractivity contribution in [3.8, 4) is 0 Å². The Kier molecular flexibility index (Phi) is 8.19. The van der Waals surface area contributed by atoms with E-state index in [1.54, 1.807) is 0 Å². The summed E-state index contributed by atoms with van der Waals surface area (Å²) in [6, 6.07) is 10.8. The summed E-state index contributed by atoms with van der Waals surface area (Å²) in [5.41, 5.74) is 1.44. The minimum absolute atomic E-state index is 0. The molecule has 15 heavy (non-hydrogen) atoms. The zero-order valence-electron chi connectivity index (χ0n) is 9.94. The quantitative estimate of drug-likeness (QED) is 0.713. The summed E-state index contributed by atoms with van der Waals surface area (Å²) >= 11 is -0.623. The van der Waals surface area contributed by atoms with Crippen LogP contribution < -0.4 is 0 Å². The maximum Gasteiger partial charge on any atom is 0.372 e. The van der Waals surface area contributed by atoms with Crippen LogP contribution in [0.3, 0.4) is 0 Å². The van der Waals surface area contributed by atoms with Crippen LogP contribution >= 0.6 is 12.4 Å². The lowest BCUT2D eigenvalue weighted by molar-refractivity contribution is 0.512. The second-order valence-corrected chi connectivity index (χ2v) is 7.69. The van der Waals surface area contributed by atoms with E-state index in [0.29, 0.717) is 0 Å². The van der Waals surface area contributed by atoms with E-state index in [-0.39, 0.29) is 12.4 Å². The third-order valence-electron chi connectivity index (χ3n) is 2.84. The van der Waals surface area contributed by atoms with Crippen molar-refractivity contribution in [2.45, 2.75) is 31.0 Å². The first-order valence-corrected chi connectivity index (χ1v) is 7.67. The predicted octanol–water partition coefficient (Wildman–Crippen LogP) is 3.57. The summed E-state index contributed by atoms with van der Waals surface area (Å²) in [5.74, 6) is 0. The van der Waals surface area contributed by atoms with Crippen LogP contribution in [0.15, 0.2) is 30.3 Å². The second-order valence-electron chi connectivity index (χ2n) is 3.87. The van der Waals surface area contributed by atoms with Crippen LogP contribution in [-0.2, 0) is 6.54 Å². The number of hydrogen-bond donors (Lipinski definition) is 0. The van der Waals surface area contributed by atoms with Gasteiger partial charge in [0.2, 0.25) is 0 Å². The van der Waals surface area contributed by atoms with Crippen LogP contribution in [-0.4, -0.2) is 25.3 Å². The van der Waals surface area contributed by atoms with Gasteiger partial charge < -0.3 is 3.88 Å². The van der Waals surface area contributed by atoms with E-state index < -0.39 is 14.4 Å². The molecule has 1 nitrogen and oxygen atoms in total. The van der Waals surface area contributed by atoms with Gasteiger partial charge in [0.25, 0.3) is 0 Å². The zero-order valence-corrected chi connectivity index (χ0v) is 11.9. The molecule has 0 aromatic heterocycles. The molecule has 0 saturated carbocycles. The molecular weight excluding hydrogens is 221 g/mol. The van der Waals surface area contributed by atoms with Gasteiger partial charge in [-0.15, -0.1) is 12.4 Å². The third-order valence-corrected chi connectivity index (χ3v) is 6.15. The fraction of sp³-hybridized carbons (Fsp3) is 0.500. The first kappa shape index (κ1) is 15.0. The lowest BCUT2D eigenvalue weighted by Gasteiger charge is -2.22. The van der Waals surface area contributed by atoms with Gasteiger partial charge in [-0.2, -0.15) is 0 Å². The van der Waals surface area contributed by atoms with Crippen molar-refractivity contribution >= 4 is 26.8 Å². The molecule has 0 atom stereocenters. The molecule has 0 bridgehead atoms. The Hall–Kier alpha value is 0.00247. The van der Waals surface area contributed by atoms with Crippen molar-refractivity contribution in [3.05, 3.63) is 35.9 Å². The number of rotatable bonds is 5. The molecule has 1 aromatic carbocycles. The van der Waals surface area contributed by atoms with Crippen molar-refractivity contribution in [1.29, 1.82) is 0 Å². The number of benzene rings is 1. The van der Waals surface area contributed by atoms with Crippen molar-refractivity contribution in [2.24, 2.45) is 0 Å². The number of hydrogen-bond acceptors (Lipinski definition) is 1. The van der Waals surface area contributed by atoms with E-state index >= 15 is 0 Å². The Morgan fingerprint density at radius 2 is 1.60 bits per heavy atom. The van der Waals surface area contributed by atoms with Gasteiger partial charge in [0.15, 0.2) is 0 Å². The number of nitrogens with zero attached hydrogens (tertiary/aromatic N) is 1. The van der Waals surface area contributed by atoms with Gasteiger partial charge in [0.1, 0.15) is 0 Å². The Bertz CT molecular complexity index is 249. The molecule has 1 rings (SSSR count). The molecule has 0 heterocycles. The topological polar surface area (TPSA) is 3.24 Å². The largest absolute Gasteiger partial charge is 0.383 e. The van der Waals surface area contributed by atoms with E-state index in [1.165, 1.54) is 16.1 Å². The van der Waals surface area contributed by atoms with Crippen LogP contribution in [0.25, 0.3) is 0 Å². The van der Waals surface area contributed by atoms with Crippen LogP contribution in [0.2, 0.25) is 10.6 Å². The van der Waals surface area contributed by atoms with Crippen LogP contribution in [0.1, 0.15) is 19.4 Å². The van der Waals surface area contributed by atoms with E-state index in [0.717, 1.165) is 6.54 Å². The van der Waals surface area contributed by atoms with Gasteiger partial charge in [0, 0.05) is 6.54 Å². The highest BCUT2D eigenvalue weighted by Gasteiger charge is 2.18. The summed E-state index contributed by atoms with van der Waals surface area (Å²) < 4.78 is 2.58. The smallest absolute Gasteiger partial charge is 0.372 e. The predicted molar refractivity (Wildman–Crippen MR) is 71.9 cm³/mol. The van der Waals surface area contributed by atoms with Gasteiger partial charge in [-0.3, -0.25) is 0 Å². The van der Waals surface area contributed by atoms with E-state index in [2.05, 4.69) is 55.1 Å². The van der Waals surface area contributed by atoms with Crippen LogP contribution in [0.5, 0.6) is 0 Å². The molecule has 84 valence electrons. The standard InChI is InChI=1S/C8H10N.2C2H5.Al.ClH/c1-9-7-8-5-3-2-4-6-8;2*1-2;;/h2-6H,7H2,1H3;2*1H2,2H3;;1H/q-1;;;+1;. The molecule has 0 aliphatic carbocycles. The van der Waals surface area contributed by atoms with Gasteiger partial charge >= 0.3 is 14.4 Å². The Morgan fingerprint density at radius 3 is 2.07 bits per heavy atom. The Labute approximate surface area is 105 Å². The van der Waals surface area contributed by atoms with Gasteiger partial charge in [-0.25, -0.2) is 0 Å². The molecule has 0 spiro atoms. The summed E-state index contributed by atoms with van der Waals surface area (Å²) in [5, 5.41) is 2.75. The van der Waals surface area contributed by atoms with Crippen molar-refractivity contribution < 1.29 is 0 Å². The first-order valence-electron chi connectivity index (χ1n) is 5.52. The SMILES string of the molecule is C[CH2][Al]([CH2]C)[N](C)Cc1ccccc1.Cl. The average Bonchev–Trinajstić information content (AvgIpc) is 2.21. The lowest BCUT2D eigenvalue weighted by Crippen LogP contribution is -2.34. The lowest BCUT2D eigenvalue weighted by atomic mass is 10.2. The maximum atomic E-state index is 2.58. The van der Waals surface area contributed by atoms with Crippen LogP contribution in [0, 0.1) is 0 Å². The Morgan fingerprint density at radius 1 is 1.07 bits per heavy atom. The van der Waals surface area contributed by atoms with Crippen molar-refractivity contribution in [1.82, 2.24) is 3.88 Å². The Balaban J connectivity index is 0.00000196. The summed E-state index contributed by atoms with van der Waals surface area (Å²) in [6.07, 6.45) is 0. The minimum Gasteiger partial charge on any atom is -0.383 e. The molecule has 0 fully saturated rings. The monoisotopic (exact) mass is 241 g/mol. The molecule has 0 unspecified atom stereocenters. The second kappa shape index (κ2) is 8.19. The molecule has 0 amide bonds. The van der Waals surface area contributed by atoms with E-state index in [9.17, 15) is 0 Å². The average molecular weight is 242 g/mol. The maximum absolute atomic E-state index is 2.58. The zero-order chi connectivity index (χ0) is 10.4. The fourth-order valence-corrected chi connectivity index (χ4v) is 4.21. The molecule has 0 aliphatic heterocycles. The first-order chi connectivity index (χ1) is 6.77. The van der Waals surface area contributed by atoms with Gasteiger partial charge in [0.05, 0.1) is 0 Å². The van der Waals surface area contributed by atoms with Crippen molar-refractivity contribution in [2.75, 3.05) is 7.05 Å². The number of halogens is 1. The summed E-state index contributed by atoms with van der Waals surface area (Å²) in [4.78, 5) is 0.